The second-order valence-corrected chi connectivity index (χ2v) is 8.63. The van der Waals surface area contributed by atoms with Gasteiger partial charge in [-0.2, -0.15) is 0 Å². The first-order valence-corrected chi connectivity index (χ1v) is 10.3. The summed E-state index contributed by atoms with van der Waals surface area (Å²) in [5, 5.41) is 10.1. The van der Waals surface area contributed by atoms with E-state index in [1.807, 2.05) is 42.5 Å². The normalized spacial score (nSPS) is 29.6. The molecule has 0 unspecified atom stereocenters. The topological polar surface area (TPSA) is 40.5 Å². The van der Waals surface area contributed by atoms with E-state index in [9.17, 15) is 9.90 Å². The maximum absolute atomic E-state index is 12.8. The van der Waals surface area contributed by atoms with Crippen molar-refractivity contribution in [1.82, 2.24) is 4.90 Å². The summed E-state index contributed by atoms with van der Waals surface area (Å²) >= 11 is 0. The minimum atomic E-state index is 0.210. The molecule has 2 aliphatic carbocycles. The summed E-state index contributed by atoms with van der Waals surface area (Å²) in [7, 11) is 0. The number of piperidine rings is 1. The van der Waals surface area contributed by atoms with Gasteiger partial charge in [-0.3, -0.25) is 9.69 Å². The van der Waals surface area contributed by atoms with Gasteiger partial charge in [-0.1, -0.05) is 49.2 Å². The van der Waals surface area contributed by atoms with Crippen LogP contribution >= 0.6 is 0 Å². The van der Waals surface area contributed by atoms with Crippen molar-refractivity contribution >= 4 is 5.78 Å². The number of hydrogen-bond acceptors (Lipinski definition) is 3. The van der Waals surface area contributed by atoms with E-state index in [0.29, 0.717) is 24.3 Å². The lowest BCUT2D eigenvalue weighted by atomic mass is 9.52. The Morgan fingerprint density at radius 3 is 2.81 bits per heavy atom. The Bertz CT molecular complexity index is 862. The highest BCUT2D eigenvalue weighted by Gasteiger charge is 2.53. The first kappa shape index (κ1) is 17.0. The summed E-state index contributed by atoms with van der Waals surface area (Å²) < 4.78 is 0. The van der Waals surface area contributed by atoms with Crippen molar-refractivity contribution in [1.29, 1.82) is 0 Å². The Hall–Kier alpha value is -2.13. The summed E-state index contributed by atoms with van der Waals surface area (Å²) in [4.78, 5) is 15.3. The smallest absolute Gasteiger partial charge is 0.176 e. The van der Waals surface area contributed by atoms with Crippen molar-refractivity contribution in [3.8, 4) is 5.75 Å². The van der Waals surface area contributed by atoms with Crippen molar-refractivity contribution in [2.45, 2.75) is 50.0 Å². The highest BCUT2D eigenvalue weighted by Crippen LogP contribution is 2.56. The summed E-state index contributed by atoms with van der Waals surface area (Å²) in [6, 6.07) is 16.1. The number of carbonyl (C=O) groups excluding carboxylic acids is 1. The number of fused-ring (bicyclic) bond motifs is 1. The molecule has 2 aromatic rings. The van der Waals surface area contributed by atoms with Gasteiger partial charge in [-0.25, -0.2) is 0 Å². The lowest BCUT2D eigenvalue weighted by Gasteiger charge is -2.59. The molecule has 0 spiro atoms. The third-order valence-corrected chi connectivity index (χ3v) is 7.38. The molecule has 2 fully saturated rings. The molecule has 0 radical (unpaired) electrons. The van der Waals surface area contributed by atoms with E-state index in [1.165, 1.54) is 36.8 Å². The Morgan fingerprint density at radius 2 is 1.96 bits per heavy atom. The number of aromatic hydroxyl groups is 1. The first-order valence-electron chi connectivity index (χ1n) is 10.3. The Morgan fingerprint density at radius 1 is 1.11 bits per heavy atom. The minimum absolute atomic E-state index is 0.210. The monoisotopic (exact) mass is 361 g/mol. The third kappa shape index (κ3) is 2.71. The van der Waals surface area contributed by atoms with E-state index in [0.717, 1.165) is 24.9 Å². The summed E-state index contributed by atoms with van der Waals surface area (Å²) in [5.74, 6) is 1.24. The molecule has 3 atom stereocenters. The average Bonchev–Trinajstić information content (AvgIpc) is 2.71. The summed E-state index contributed by atoms with van der Waals surface area (Å²) in [6.07, 6.45) is 7.15. The van der Waals surface area contributed by atoms with Crippen molar-refractivity contribution in [2.24, 2.45) is 5.92 Å². The standard InChI is InChI=1S/C24H27NO2/c26-19-10-9-18-14-22-20-8-4-5-11-24(20,21(18)15-19)12-13-25(22)16-23(27)17-6-2-1-3-7-17/h1-3,6-7,9-10,15,20,22,26H,4-5,8,11-14,16H2/t20-,22-,24-/m0/s1. The first-order chi connectivity index (χ1) is 13.2. The van der Waals surface area contributed by atoms with Gasteiger partial charge in [0.25, 0.3) is 0 Å². The van der Waals surface area contributed by atoms with E-state index in [-0.39, 0.29) is 11.2 Å². The van der Waals surface area contributed by atoms with E-state index >= 15 is 0 Å². The number of benzene rings is 2. The Labute approximate surface area is 161 Å². The van der Waals surface area contributed by atoms with Crippen LogP contribution in [0.5, 0.6) is 5.75 Å². The maximum atomic E-state index is 12.8. The number of phenols is 1. The van der Waals surface area contributed by atoms with Crippen molar-refractivity contribution in [2.75, 3.05) is 13.1 Å². The quantitative estimate of drug-likeness (QED) is 0.827. The second-order valence-electron chi connectivity index (χ2n) is 8.63. The molecule has 1 saturated heterocycles. The number of hydrogen-bond donors (Lipinski definition) is 1. The van der Waals surface area contributed by atoms with Gasteiger partial charge in [-0.05, 0) is 61.4 Å². The zero-order valence-electron chi connectivity index (χ0n) is 15.7. The number of nitrogens with zero attached hydrogens (tertiary/aromatic N) is 1. The second kappa shape index (κ2) is 6.49. The fraction of sp³-hybridized carbons (Fsp3) is 0.458. The molecular formula is C24H27NO2. The fourth-order valence-electron chi connectivity index (χ4n) is 6.17. The molecule has 5 rings (SSSR count). The van der Waals surface area contributed by atoms with Gasteiger partial charge in [0.2, 0.25) is 0 Å². The maximum Gasteiger partial charge on any atom is 0.176 e. The third-order valence-electron chi connectivity index (χ3n) is 7.38. The molecule has 2 aromatic carbocycles. The zero-order chi connectivity index (χ0) is 18.4. The number of ketones is 1. The number of phenolic OH excluding ortho intramolecular Hbond substituents is 1. The number of likely N-dealkylation sites (tertiary alicyclic amines) is 1. The van der Waals surface area contributed by atoms with E-state index in [1.54, 1.807) is 0 Å². The molecule has 1 N–H and O–H groups in total. The molecule has 1 saturated carbocycles. The van der Waals surface area contributed by atoms with Crippen LogP contribution in [-0.2, 0) is 11.8 Å². The van der Waals surface area contributed by atoms with Crippen LogP contribution < -0.4 is 0 Å². The van der Waals surface area contributed by atoms with Crippen LogP contribution in [-0.4, -0.2) is 34.9 Å². The van der Waals surface area contributed by atoms with E-state index in [2.05, 4.69) is 11.0 Å². The molecule has 27 heavy (non-hydrogen) atoms. The van der Waals surface area contributed by atoms with Crippen LogP contribution in [0.25, 0.3) is 0 Å². The number of Topliss-reactive ketones (excluding diaryl/α,β-unsaturated/α-hetero) is 1. The van der Waals surface area contributed by atoms with Crippen molar-refractivity contribution < 1.29 is 9.90 Å². The highest BCUT2D eigenvalue weighted by atomic mass is 16.3. The molecule has 1 aliphatic heterocycles. The SMILES string of the molecule is O=C(CN1CC[C@@]23CCCC[C@H]2[C@@H]1Cc1ccc(O)cc13)c1ccccc1. The predicted molar refractivity (Wildman–Crippen MR) is 106 cm³/mol. The summed E-state index contributed by atoms with van der Waals surface area (Å²) in [5.41, 5.74) is 3.81. The van der Waals surface area contributed by atoms with Crippen LogP contribution in [0.15, 0.2) is 48.5 Å². The van der Waals surface area contributed by atoms with Gasteiger partial charge in [0.05, 0.1) is 6.54 Å². The number of rotatable bonds is 3. The largest absolute Gasteiger partial charge is 0.508 e. The average molecular weight is 361 g/mol. The predicted octanol–water partition coefficient (Wildman–Crippen LogP) is 4.33. The molecule has 0 aromatic heterocycles. The molecule has 3 heteroatoms. The lowest BCUT2D eigenvalue weighted by molar-refractivity contribution is -0.00848. The fourth-order valence-corrected chi connectivity index (χ4v) is 6.17. The van der Waals surface area contributed by atoms with E-state index < -0.39 is 0 Å². The Balaban J connectivity index is 1.48. The molecule has 2 bridgehead atoms. The molecule has 3 aliphatic rings. The van der Waals surface area contributed by atoms with E-state index in [4.69, 9.17) is 0 Å². The summed E-state index contributed by atoms with van der Waals surface area (Å²) in [6.45, 7) is 1.50. The van der Waals surface area contributed by atoms with Crippen LogP contribution in [0.1, 0.15) is 53.6 Å². The lowest BCUT2D eigenvalue weighted by Crippen LogP contribution is -2.61. The van der Waals surface area contributed by atoms with Gasteiger partial charge in [0.15, 0.2) is 5.78 Å². The highest BCUT2D eigenvalue weighted by molar-refractivity contribution is 5.97. The van der Waals surface area contributed by atoms with Gasteiger partial charge in [-0.15, -0.1) is 0 Å². The van der Waals surface area contributed by atoms with Gasteiger partial charge >= 0.3 is 0 Å². The van der Waals surface area contributed by atoms with Gasteiger partial charge in [0, 0.05) is 17.0 Å². The van der Waals surface area contributed by atoms with Crippen molar-refractivity contribution in [3.63, 3.8) is 0 Å². The molecule has 3 nitrogen and oxygen atoms in total. The zero-order valence-corrected chi connectivity index (χ0v) is 15.7. The van der Waals surface area contributed by atoms with Crippen LogP contribution in [0.3, 0.4) is 0 Å². The molecule has 140 valence electrons. The van der Waals surface area contributed by atoms with Crippen LogP contribution in [0.4, 0.5) is 0 Å². The Kier molecular flexibility index (Phi) is 4.08. The number of carbonyl (C=O) groups is 1. The van der Waals surface area contributed by atoms with Gasteiger partial charge < -0.3 is 5.11 Å². The van der Waals surface area contributed by atoms with Crippen molar-refractivity contribution in [3.05, 3.63) is 65.2 Å². The van der Waals surface area contributed by atoms with Crippen LogP contribution in [0, 0.1) is 5.92 Å². The minimum Gasteiger partial charge on any atom is -0.508 e. The molecule has 1 heterocycles. The van der Waals surface area contributed by atoms with Crippen LogP contribution in [0.2, 0.25) is 0 Å². The molecular weight excluding hydrogens is 334 g/mol. The van der Waals surface area contributed by atoms with Gasteiger partial charge in [0.1, 0.15) is 5.75 Å². The molecule has 0 amide bonds.